The number of hydrogen-bond donors (Lipinski definition) is 2. The van der Waals surface area contributed by atoms with Crippen LogP contribution in [0.4, 0.5) is 5.69 Å². The molecule has 126 valence electrons. The Labute approximate surface area is 143 Å². The molecule has 7 heteroatoms. The van der Waals surface area contributed by atoms with Crippen LogP contribution in [0.15, 0.2) is 60.6 Å². The third kappa shape index (κ3) is 3.46. The first-order valence-corrected chi connectivity index (χ1v) is 7.60. The van der Waals surface area contributed by atoms with Crippen LogP contribution in [-0.4, -0.2) is 45.7 Å². The van der Waals surface area contributed by atoms with Gasteiger partial charge < -0.3 is 10.4 Å². The van der Waals surface area contributed by atoms with Crippen LogP contribution in [0.5, 0.6) is 0 Å². The van der Waals surface area contributed by atoms with E-state index in [1.165, 1.54) is 6.08 Å². The summed E-state index contributed by atoms with van der Waals surface area (Å²) < 4.78 is 0. The largest absolute Gasteiger partial charge is 0.395 e. The SMILES string of the molecule is O=C(c1ccncc1)c1ccc(NC2=CC(=O)N(CCO)C2=O)cc1. The van der Waals surface area contributed by atoms with Gasteiger partial charge in [-0.1, -0.05) is 0 Å². The fourth-order valence-electron chi connectivity index (χ4n) is 2.44. The van der Waals surface area contributed by atoms with Gasteiger partial charge in [0.2, 0.25) is 0 Å². The molecule has 2 amide bonds. The van der Waals surface area contributed by atoms with E-state index in [9.17, 15) is 14.4 Å². The molecule has 0 bridgehead atoms. The molecule has 0 saturated heterocycles. The number of rotatable bonds is 6. The van der Waals surface area contributed by atoms with Crippen molar-refractivity contribution in [3.05, 3.63) is 71.7 Å². The van der Waals surface area contributed by atoms with Crippen LogP contribution in [-0.2, 0) is 9.59 Å². The Kier molecular flexibility index (Phi) is 4.67. The van der Waals surface area contributed by atoms with E-state index >= 15 is 0 Å². The van der Waals surface area contributed by atoms with Crippen molar-refractivity contribution in [1.82, 2.24) is 9.88 Å². The van der Waals surface area contributed by atoms with Crippen LogP contribution >= 0.6 is 0 Å². The highest BCUT2D eigenvalue weighted by molar-refractivity contribution is 6.17. The minimum absolute atomic E-state index is 0.0429. The molecular formula is C18H15N3O4. The first kappa shape index (κ1) is 16.5. The molecule has 2 N–H and O–H groups in total. The summed E-state index contributed by atoms with van der Waals surface area (Å²) in [6, 6.07) is 9.86. The van der Waals surface area contributed by atoms with Crippen molar-refractivity contribution in [2.45, 2.75) is 0 Å². The number of benzene rings is 1. The average molecular weight is 337 g/mol. The third-order valence-electron chi connectivity index (χ3n) is 3.70. The van der Waals surface area contributed by atoms with Gasteiger partial charge in [0.15, 0.2) is 5.78 Å². The van der Waals surface area contributed by atoms with Gasteiger partial charge in [-0.25, -0.2) is 0 Å². The van der Waals surface area contributed by atoms with Crippen LogP contribution in [0, 0.1) is 0 Å². The number of aliphatic hydroxyl groups excluding tert-OH is 1. The molecule has 1 aromatic carbocycles. The second kappa shape index (κ2) is 7.06. The number of hydrogen-bond acceptors (Lipinski definition) is 6. The van der Waals surface area contributed by atoms with Crippen molar-refractivity contribution in [2.24, 2.45) is 0 Å². The first-order chi connectivity index (χ1) is 12.1. The summed E-state index contributed by atoms with van der Waals surface area (Å²) in [5.74, 6) is -1.09. The number of aliphatic hydroxyl groups is 1. The predicted molar refractivity (Wildman–Crippen MR) is 89.6 cm³/mol. The molecule has 0 spiro atoms. The van der Waals surface area contributed by atoms with Gasteiger partial charge in [-0.15, -0.1) is 0 Å². The Morgan fingerprint density at radius 1 is 1.04 bits per heavy atom. The number of nitrogens with one attached hydrogen (secondary N) is 1. The van der Waals surface area contributed by atoms with Gasteiger partial charge in [-0.3, -0.25) is 24.3 Å². The summed E-state index contributed by atoms with van der Waals surface area (Å²) in [5.41, 5.74) is 1.74. The van der Waals surface area contributed by atoms with Gasteiger partial charge in [0, 0.05) is 35.3 Å². The second-order valence-corrected chi connectivity index (χ2v) is 5.34. The lowest BCUT2D eigenvalue weighted by atomic mass is 10.0. The lowest BCUT2D eigenvalue weighted by molar-refractivity contribution is -0.137. The molecule has 7 nitrogen and oxygen atoms in total. The smallest absolute Gasteiger partial charge is 0.277 e. The van der Waals surface area contributed by atoms with Crippen molar-refractivity contribution in [3.8, 4) is 0 Å². The molecule has 0 fully saturated rings. The average Bonchev–Trinajstić information content (AvgIpc) is 2.90. The van der Waals surface area contributed by atoms with Crippen molar-refractivity contribution in [3.63, 3.8) is 0 Å². The molecule has 1 aliphatic heterocycles. The lowest BCUT2D eigenvalue weighted by Gasteiger charge is -2.13. The first-order valence-electron chi connectivity index (χ1n) is 7.60. The Morgan fingerprint density at radius 2 is 1.68 bits per heavy atom. The molecule has 0 unspecified atom stereocenters. The van der Waals surface area contributed by atoms with E-state index in [-0.39, 0.29) is 24.6 Å². The number of nitrogens with zero attached hydrogens (tertiary/aromatic N) is 2. The zero-order chi connectivity index (χ0) is 17.8. The summed E-state index contributed by atoms with van der Waals surface area (Å²) in [4.78, 5) is 40.9. The molecule has 1 aromatic heterocycles. The highest BCUT2D eigenvalue weighted by Crippen LogP contribution is 2.18. The quantitative estimate of drug-likeness (QED) is 0.602. The Hall–Kier alpha value is -3.32. The summed E-state index contributed by atoms with van der Waals surface area (Å²) in [5, 5.41) is 11.8. The highest BCUT2D eigenvalue weighted by atomic mass is 16.3. The van der Waals surface area contributed by atoms with Crippen molar-refractivity contribution in [1.29, 1.82) is 0 Å². The van der Waals surface area contributed by atoms with Crippen molar-refractivity contribution in [2.75, 3.05) is 18.5 Å². The molecule has 0 radical (unpaired) electrons. The Balaban J connectivity index is 1.72. The van der Waals surface area contributed by atoms with E-state index in [0.29, 0.717) is 16.8 Å². The predicted octanol–water partition coefficient (Wildman–Crippen LogP) is 0.970. The fourth-order valence-corrected chi connectivity index (χ4v) is 2.44. The minimum atomic E-state index is -0.490. The summed E-state index contributed by atoms with van der Waals surface area (Å²) in [6.45, 7) is -0.330. The molecule has 0 atom stereocenters. The number of amides is 2. The number of ketones is 1. The molecule has 25 heavy (non-hydrogen) atoms. The number of pyridine rings is 1. The molecule has 1 aliphatic rings. The molecular weight excluding hydrogens is 322 g/mol. The van der Waals surface area contributed by atoms with E-state index in [2.05, 4.69) is 10.3 Å². The standard InChI is InChI=1S/C18H15N3O4/c22-10-9-21-16(23)11-15(18(21)25)20-14-3-1-12(2-4-14)17(24)13-5-7-19-8-6-13/h1-8,11,20,22H,9-10H2. The number of aromatic nitrogens is 1. The van der Waals surface area contributed by atoms with Crippen LogP contribution in [0.3, 0.4) is 0 Å². The Bertz CT molecular complexity index is 844. The van der Waals surface area contributed by atoms with Gasteiger partial charge >= 0.3 is 0 Å². The van der Waals surface area contributed by atoms with Crippen molar-refractivity contribution < 1.29 is 19.5 Å². The molecule has 2 aromatic rings. The summed E-state index contributed by atoms with van der Waals surface area (Å²) >= 11 is 0. The number of carbonyl (C=O) groups excluding carboxylic acids is 3. The van der Waals surface area contributed by atoms with E-state index in [1.807, 2.05) is 0 Å². The van der Waals surface area contributed by atoms with Crippen LogP contribution in [0.1, 0.15) is 15.9 Å². The van der Waals surface area contributed by atoms with Crippen molar-refractivity contribution >= 4 is 23.3 Å². The maximum Gasteiger partial charge on any atom is 0.277 e. The topological polar surface area (TPSA) is 99.6 Å². The second-order valence-electron chi connectivity index (χ2n) is 5.34. The number of imide groups is 1. The van der Waals surface area contributed by atoms with Crippen LogP contribution in [0.2, 0.25) is 0 Å². The van der Waals surface area contributed by atoms with Gasteiger partial charge in [-0.2, -0.15) is 0 Å². The van der Waals surface area contributed by atoms with Gasteiger partial charge in [0.25, 0.3) is 11.8 Å². The Morgan fingerprint density at radius 3 is 2.32 bits per heavy atom. The number of carbonyl (C=O) groups is 3. The van der Waals surface area contributed by atoms with E-state index in [0.717, 1.165) is 4.90 Å². The van der Waals surface area contributed by atoms with Gasteiger partial charge in [0.05, 0.1) is 13.2 Å². The zero-order valence-electron chi connectivity index (χ0n) is 13.2. The van der Waals surface area contributed by atoms with Gasteiger partial charge in [0.1, 0.15) is 5.70 Å². The molecule has 0 aliphatic carbocycles. The summed E-state index contributed by atoms with van der Waals surface area (Å²) in [7, 11) is 0. The molecule has 3 rings (SSSR count). The molecule has 2 heterocycles. The maximum atomic E-state index is 12.3. The minimum Gasteiger partial charge on any atom is -0.395 e. The number of anilines is 1. The maximum absolute atomic E-state index is 12.3. The number of β-amino-alcohol motifs (C(OH)–C–C–N with tert-alkyl or cyclic N) is 1. The van der Waals surface area contributed by atoms with Crippen LogP contribution in [0.25, 0.3) is 0 Å². The normalized spacial score (nSPS) is 13.8. The van der Waals surface area contributed by atoms with E-state index in [4.69, 9.17) is 5.11 Å². The van der Waals surface area contributed by atoms with E-state index < -0.39 is 11.8 Å². The lowest BCUT2D eigenvalue weighted by Crippen LogP contribution is -2.34. The van der Waals surface area contributed by atoms with Crippen LogP contribution < -0.4 is 5.32 Å². The van der Waals surface area contributed by atoms with Gasteiger partial charge in [-0.05, 0) is 36.4 Å². The molecule has 0 saturated carbocycles. The monoisotopic (exact) mass is 337 g/mol. The fraction of sp³-hybridized carbons (Fsp3) is 0.111. The highest BCUT2D eigenvalue weighted by Gasteiger charge is 2.30. The van der Waals surface area contributed by atoms with E-state index in [1.54, 1.807) is 48.8 Å². The zero-order valence-corrected chi connectivity index (χ0v) is 13.2. The summed E-state index contributed by atoms with van der Waals surface area (Å²) in [6.07, 6.45) is 4.29. The third-order valence-corrected chi connectivity index (χ3v) is 3.70.